The Morgan fingerprint density at radius 1 is 1.44 bits per heavy atom. The van der Waals surface area contributed by atoms with Crippen molar-refractivity contribution in [3.63, 3.8) is 0 Å². The number of rotatable bonds is 4. The summed E-state index contributed by atoms with van der Waals surface area (Å²) in [6, 6.07) is 11.1. The molecule has 85 valence electrons. The smallest absolute Gasteiger partial charge is 0.273 e. The van der Waals surface area contributed by atoms with Crippen LogP contribution in [-0.4, -0.2) is 31.6 Å². The van der Waals surface area contributed by atoms with Crippen LogP contribution in [0.5, 0.6) is 0 Å². The fourth-order valence-electron chi connectivity index (χ4n) is 1.84. The molecule has 3 heteroatoms. The molecule has 1 aliphatic rings. The van der Waals surface area contributed by atoms with Crippen LogP contribution in [0.4, 0.5) is 5.69 Å². The SMILES string of the molecule is CC(C)N(CC1CO[C]=N1)c1ccccc1. The second-order valence-corrected chi connectivity index (χ2v) is 4.27. The second kappa shape index (κ2) is 5.01. The maximum atomic E-state index is 5.03. The van der Waals surface area contributed by atoms with E-state index >= 15 is 0 Å². The first-order valence-electron chi connectivity index (χ1n) is 5.65. The van der Waals surface area contributed by atoms with Crippen molar-refractivity contribution in [2.45, 2.75) is 25.9 Å². The number of hydrogen-bond acceptors (Lipinski definition) is 3. The van der Waals surface area contributed by atoms with Crippen LogP contribution < -0.4 is 4.90 Å². The highest BCUT2D eigenvalue weighted by Gasteiger charge is 2.19. The average molecular weight is 217 g/mol. The predicted molar refractivity (Wildman–Crippen MR) is 66.1 cm³/mol. The lowest BCUT2D eigenvalue weighted by molar-refractivity contribution is 0.326. The lowest BCUT2D eigenvalue weighted by atomic mass is 10.2. The molecule has 0 aliphatic carbocycles. The van der Waals surface area contributed by atoms with Gasteiger partial charge in [0.25, 0.3) is 6.40 Å². The lowest BCUT2D eigenvalue weighted by Gasteiger charge is -2.30. The molecule has 0 spiro atoms. The first-order valence-corrected chi connectivity index (χ1v) is 5.65. The van der Waals surface area contributed by atoms with E-state index in [0.29, 0.717) is 12.6 Å². The van der Waals surface area contributed by atoms with E-state index in [1.807, 2.05) is 6.07 Å². The molecule has 0 aromatic heterocycles. The van der Waals surface area contributed by atoms with Gasteiger partial charge in [0.15, 0.2) is 0 Å². The van der Waals surface area contributed by atoms with Crippen LogP contribution in [-0.2, 0) is 4.74 Å². The third-order valence-electron chi connectivity index (χ3n) is 2.69. The van der Waals surface area contributed by atoms with E-state index in [1.54, 1.807) is 0 Å². The van der Waals surface area contributed by atoms with Crippen LogP contribution >= 0.6 is 0 Å². The van der Waals surface area contributed by atoms with Gasteiger partial charge in [-0.1, -0.05) is 18.2 Å². The lowest BCUT2D eigenvalue weighted by Crippen LogP contribution is -2.37. The standard InChI is InChI=1S/C13H17N2O/c1-11(2)15(8-12-9-16-10-14-12)13-6-4-3-5-7-13/h3-7,11-12H,8-9H2,1-2H3. The molecule has 2 rings (SSSR count). The Labute approximate surface area is 96.7 Å². The summed E-state index contributed by atoms with van der Waals surface area (Å²) >= 11 is 0. The van der Waals surface area contributed by atoms with Crippen molar-refractivity contribution < 1.29 is 4.74 Å². The average Bonchev–Trinajstić information content (AvgIpc) is 2.79. The third-order valence-corrected chi connectivity index (χ3v) is 2.69. The number of nitrogens with zero attached hydrogens (tertiary/aromatic N) is 2. The van der Waals surface area contributed by atoms with Gasteiger partial charge < -0.3 is 9.64 Å². The number of hydrogen-bond donors (Lipinski definition) is 0. The van der Waals surface area contributed by atoms with Gasteiger partial charge in [0.1, 0.15) is 12.6 Å². The summed E-state index contributed by atoms with van der Waals surface area (Å²) in [5, 5.41) is 0. The summed E-state index contributed by atoms with van der Waals surface area (Å²) in [6.07, 6.45) is 2.57. The molecular weight excluding hydrogens is 200 g/mol. The number of anilines is 1. The van der Waals surface area contributed by atoms with Gasteiger partial charge in [0.2, 0.25) is 0 Å². The molecular formula is C13H17N2O. The Morgan fingerprint density at radius 3 is 2.75 bits per heavy atom. The van der Waals surface area contributed by atoms with Crippen molar-refractivity contribution in [1.82, 2.24) is 0 Å². The normalized spacial score (nSPS) is 18.8. The van der Waals surface area contributed by atoms with Crippen LogP contribution in [0, 0.1) is 0 Å². The Hall–Kier alpha value is -1.51. The Kier molecular flexibility index (Phi) is 3.44. The third kappa shape index (κ3) is 2.54. The number of para-hydroxylation sites is 1. The van der Waals surface area contributed by atoms with Crippen molar-refractivity contribution in [2.75, 3.05) is 18.1 Å². The molecule has 3 nitrogen and oxygen atoms in total. The second-order valence-electron chi connectivity index (χ2n) is 4.27. The zero-order chi connectivity index (χ0) is 11.4. The number of aliphatic imine (C=N–C) groups is 1. The van der Waals surface area contributed by atoms with Crippen molar-refractivity contribution in [2.24, 2.45) is 4.99 Å². The molecule has 1 aromatic rings. The van der Waals surface area contributed by atoms with E-state index in [9.17, 15) is 0 Å². The highest BCUT2D eigenvalue weighted by molar-refractivity contribution is 5.51. The van der Waals surface area contributed by atoms with Gasteiger partial charge in [0, 0.05) is 18.3 Å². The van der Waals surface area contributed by atoms with Crippen LogP contribution in [0.1, 0.15) is 13.8 Å². The first kappa shape index (κ1) is 11.0. The first-order chi connectivity index (χ1) is 7.77. The zero-order valence-electron chi connectivity index (χ0n) is 9.76. The maximum Gasteiger partial charge on any atom is 0.273 e. The Morgan fingerprint density at radius 2 is 2.19 bits per heavy atom. The Bertz CT molecular complexity index is 348. The largest absolute Gasteiger partial charge is 0.472 e. The van der Waals surface area contributed by atoms with Crippen LogP contribution in [0.3, 0.4) is 0 Å². The molecule has 1 heterocycles. The molecule has 0 fully saturated rings. The fraction of sp³-hybridized carbons (Fsp3) is 0.462. The van der Waals surface area contributed by atoms with E-state index in [0.717, 1.165) is 6.54 Å². The fourth-order valence-corrected chi connectivity index (χ4v) is 1.84. The van der Waals surface area contributed by atoms with Crippen LogP contribution in [0.2, 0.25) is 0 Å². The molecule has 1 radical (unpaired) electrons. The van der Waals surface area contributed by atoms with Gasteiger partial charge >= 0.3 is 0 Å². The quantitative estimate of drug-likeness (QED) is 0.772. The van der Waals surface area contributed by atoms with E-state index < -0.39 is 0 Å². The molecule has 1 unspecified atom stereocenters. The summed E-state index contributed by atoms with van der Waals surface area (Å²) < 4.78 is 5.03. The molecule has 1 aliphatic heterocycles. The molecule has 0 bridgehead atoms. The van der Waals surface area contributed by atoms with Gasteiger partial charge in [-0.05, 0) is 26.0 Å². The minimum Gasteiger partial charge on any atom is -0.472 e. The number of ether oxygens (including phenoxy) is 1. The van der Waals surface area contributed by atoms with Crippen molar-refractivity contribution in [3.8, 4) is 0 Å². The van der Waals surface area contributed by atoms with Gasteiger partial charge in [-0.2, -0.15) is 0 Å². The monoisotopic (exact) mass is 217 g/mol. The number of benzene rings is 1. The van der Waals surface area contributed by atoms with Gasteiger partial charge in [-0.3, -0.25) is 0 Å². The van der Waals surface area contributed by atoms with Crippen LogP contribution in [0.15, 0.2) is 35.3 Å². The molecule has 0 amide bonds. The predicted octanol–water partition coefficient (Wildman–Crippen LogP) is 2.21. The minimum absolute atomic E-state index is 0.211. The summed E-state index contributed by atoms with van der Waals surface area (Å²) in [5.74, 6) is 0. The molecule has 0 N–H and O–H groups in total. The molecule has 0 saturated carbocycles. The molecule has 0 saturated heterocycles. The minimum atomic E-state index is 0.211. The summed E-state index contributed by atoms with van der Waals surface area (Å²) in [4.78, 5) is 6.51. The topological polar surface area (TPSA) is 24.8 Å². The van der Waals surface area contributed by atoms with Crippen molar-refractivity contribution in [1.29, 1.82) is 0 Å². The van der Waals surface area contributed by atoms with E-state index in [2.05, 4.69) is 54.4 Å². The summed E-state index contributed by atoms with van der Waals surface area (Å²) in [7, 11) is 0. The summed E-state index contributed by atoms with van der Waals surface area (Å²) in [5.41, 5.74) is 1.24. The van der Waals surface area contributed by atoms with Crippen molar-refractivity contribution >= 4 is 12.1 Å². The highest BCUT2D eigenvalue weighted by Crippen LogP contribution is 2.18. The molecule has 16 heavy (non-hydrogen) atoms. The molecule has 1 atom stereocenters. The summed E-state index contributed by atoms with van der Waals surface area (Å²) in [6.45, 7) is 5.91. The van der Waals surface area contributed by atoms with Gasteiger partial charge in [-0.25, -0.2) is 4.99 Å². The van der Waals surface area contributed by atoms with Gasteiger partial charge in [-0.15, -0.1) is 0 Å². The Balaban J connectivity index is 2.08. The van der Waals surface area contributed by atoms with Crippen molar-refractivity contribution in [3.05, 3.63) is 30.3 Å². The zero-order valence-corrected chi connectivity index (χ0v) is 9.76. The highest BCUT2D eigenvalue weighted by atomic mass is 16.5. The van der Waals surface area contributed by atoms with Gasteiger partial charge in [0.05, 0.1) is 0 Å². The van der Waals surface area contributed by atoms with E-state index in [4.69, 9.17) is 4.74 Å². The maximum absolute atomic E-state index is 5.03. The molecule has 1 aromatic carbocycles. The van der Waals surface area contributed by atoms with E-state index in [1.165, 1.54) is 5.69 Å². The van der Waals surface area contributed by atoms with E-state index in [-0.39, 0.29) is 6.04 Å². The van der Waals surface area contributed by atoms with Crippen LogP contribution in [0.25, 0.3) is 0 Å².